The van der Waals surface area contributed by atoms with Gasteiger partial charge in [-0.3, -0.25) is 4.79 Å². The van der Waals surface area contributed by atoms with Gasteiger partial charge < -0.3 is 15.5 Å². The summed E-state index contributed by atoms with van der Waals surface area (Å²) in [6.07, 6.45) is 5.26. The largest absolute Gasteiger partial charge is 0.382 e. The molecule has 1 amide bonds. The highest BCUT2D eigenvalue weighted by Gasteiger charge is 2.22. The van der Waals surface area contributed by atoms with Crippen molar-refractivity contribution in [3.05, 3.63) is 4.88 Å². The van der Waals surface area contributed by atoms with E-state index in [2.05, 4.69) is 15.8 Å². The van der Waals surface area contributed by atoms with E-state index in [-0.39, 0.29) is 18.3 Å². The van der Waals surface area contributed by atoms with Crippen LogP contribution in [0.15, 0.2) is 0 Å². The number of terminal acetylenes is 1. The molecule has 0 aliphatic rings. The molecule has 6 heteroatoms. The van der Waals surface area contributed by atoms with Crippen molar-refractivity contribution in [1.82, 2.24) is 9.88 Å². The van der Waals surface area contributed by atoms with Crippen molar-refractivity contribution in [3.8, 4) is 12.3 Å². The summed E-state index contributed by atoms with van der Waals surface area (Å²) >= 11 is 1.32. The molecule has 0 radical (unpaired) electrons. The molecule has 1 rings (SSSR count). The van der Waals surface area contributed by atoms with E-state index in [9.17, 15) is 4.79 Å². The van der Waals surface area contributed by atoms with Crippen LogP contribution < -0.4 is 10.6 Å². The summed E-state index contributed by atoms with van der Waals surface area (Å²) in [5.74, 6) is 2.62. The number of nitrogen functional groups attached to an aromatic ring is 1. The molecule has 5 nitrogen and oxygen atoms in total. The number of nitrogens with two attached hydrogens (primary N) is 1. The third-order valence-electron chi connectivity index (χ3n) is 2.82. The number of amides is 1. The van der Waals surface area contributed by atoms with Gasteiger partial charge in [0.05, 0.1) is 6.54 Å². The van der Waals surface area contributed by atoms with Crippen molar-refractivity contribution in [2.45, 2.75) is 20.8 Å². The van der Waals surface area contributed by atoms with Gasteiger partial charge in [-0.1, -0.05) is 17.3 Å². The van der Waals surface area contributed by atoms with Gasteiger partial charge in [-0.05, 0) is 20.8 Å². The van der Waals surface area contributed by atoms with Crippen molar-refractivity contribution in [1.29, 1.82) is 0 Å². The van der Waals surface area contributed by atoms with E-state index >= 15 is 0 Å². The van der Waals surface area contributed by atoms with E-state index in [1.807, 2.05) is 20.8 Å². The van der Waals surface area contributed by atoms with Crippen LogP contribution in [-0.4, -0.2) is 42.0 Å². The SMILES string of the molecule is C#CCN(CC)C(=O)c1sc(N(CC)CC)nc1N. The maximum absolute atomic E-state index is 12.3. The Labute approximate surface area is 118 Å². The molecule has 1 heterocycles. The molecule has 0 aromatic carbocycles. The van der Waals surface area contributed by atoms with Crippen molar-refractivity contribution in [2.24, 2.45) is 0 Å². The van der Waals surface area contributed by atoms with Crippen LogP contribution in [0.3, 0.4) is 0 Å². The molecule has 0 bridgehead atoms. The Hall–Kier alpha value is -1.74. The van der Waals surface area contributed by atoms with E-state index in [1.165, 1.54) is 11.3 Å². The Morgan fingerprint density at radius 3 is 2.47 bits per heavy atom. The van der Waals surface area contributed by atoms with Gasteiger partial charge in [0, 0.05) is 19.6 Å². The molecule has 1 aromatic heterocycles. The van der Waals surface area contributed by atoms with Crippen molar-refractivity contribution in [3.63, 3.8) is 0 Å². The van der Waals surface area contributed by atoms with Crippen molar-refractivity contribution in [2.75, 3.05) is 36.8 Å². The number of carbonyl (C=O) groups is 1. The monoisotopic (exact) mass is 280 g/mol. The Balaban J connectivity index is 3.01. The molecule has 0 spiro atoms. The second kappa shape index (κ2) is 7.00. The average Bonchev–Trinajstić information content (AvgIpc) is 2.78. The highest BCUT2D eigenvalue weighted by atomic mass is 32.1. The summed E-state index contributed by atoms with van der Waals surface area (Å²) in [5.41, 5.74) is 5.85. The minimum absolute atomic E-state index is 0.145. The fraction of sp³-hybridized carbons (Fsp3) is 0.538. The van der Waals surface area contributed by atoms with Crippen LogP contribution in [0, 0.1) is 12.3 Å². The minimum Gasteiger partial charge on any atom is -0.382 e. The highest BCUT2D eigenvalue weighted by molar-refractivity contribution is 7.18. The molecule has 0 aliphatic carbocycles. The first-order valence-corrected chi connectivity index (χ1v) is 7.14. The van der Waals surface area contributed by atoms with E-state index in [4.69, 9.17) is 12.2 Å². The van der Waals surface area contributed by atoms with Crippen molar-refractivity contribution < 1.29 is 4.79 Å². The standard InChI is InChI=1S/C13H20N4OS/c1-5-9-17(8-4)12(18)10-11(14)15-13(19-10)16(6-2)7-3/h1H,6-9,14H2,2-4H3. The van der Waals surface area contributed by atoms with E-state index in [0.717, 1.165) is 18.2 Å². The zero-order valence-electron chi connectivity index (χ0n) is 11.6. The van der Waals surface area contributed by atoms with E-state index in [0.29, 0.717) is 11.4 Å². The Bertz CT molecular complexity index is 473. The molecule has 0 atom stereocenters. The number of carbonyl (C=O) groups excluding carboxylic acids is 1. The van der Waals surface area contributed by atoms with Gasteiger partial charge in [0.1, 0.15) is 10.7 Å². The molecule has 2 N–H and O–H groups in total. The lowest BCUT2D eigenvalue weighted by Gasteiger charge is -2.17. The van der Waals surface area contributed by atoms with Crippen LogP contribution in [0.4, 0.5) is 10.9 Å². The minimum atomic E-state index is -0.145. The Kier molecular flexibility index (Phi) is 5.64. The summed E-state index contributed by atoms with van der Waals surface area (Å²) in [6.45, 7) is 8.47. The number of thiazole rings is 1. The quantitative estimate of drug-likeness (QED) is 0.805. The molecule has 104 valence electrons. The molecule has 0 saturated carbocycles. The summed E-state index contributed by atoms with van der Waals surface area (Å²) in [7, 11) is 0. The van der Waals surface area contributed by atoms with Gasteiger partial charge in [-0.15, -0.1) is 6.42 Å². The first kappa shape index (κ1) is 15.3. The fourth-order valence-corrected chi connectivity index (χ4v) is 2.76. The second-order valence-corrected chi connectivity index (χ2v) is 4.88. The van der Waals surface area contributed by atoms with Gasteiger partial charge >= 0.3 is 0 Å². The molecule has 19 heavy (non-hydrogen) atoms. The topological polar surface area (TPSA) is 62.5 Å². The number of anilines is 2. The maximum atomic E-state index is 12.3. The van der Waals surface area contributed by atoms with Gasteiger partial charge in [-0.25, -0.2) is 4.98 Å². The van der Waals surface area contributed by atoms with Crippen LogP contribution in [0.1, 0.15) is 30.4 Å². The Morgan fingerprint density at radius 2 is 2.00 bits per heavy atom. The zero-order valence-corrected chi connectivity index (χ0v) is 12.5. The third-order valence-corrected chi connectivity index (χ3v) is 3.94. The van der Waals surface area contributed by atoms with E-state index < -0.39 is 0 Å². The lowest BCUT2D eigenvalue weighted by atomic mass is 10.4. The molecule has 1 aromatic rings. The van der Waals surface area contributed by atoms with Gasteiger partial charge in [0.15, 0.2) is 5.13 Å². The summed E-state index contributed by atoms with van der Waals surface area (Å²) < 4.78 is 0. The highest BCUT2D eigenvalue weighted by Crippen LogP contribution is 2.29. The average molecular weight is 280 g/mol. The fourth-order valence-electron chi connectivity index (χ4n) is 1.68. The van der Waals surface area contributed by atoms with Gasteiger partial charge in [0.2, 0.25) is 0 Å². The summed E-state index contributed by atoms with van der Waals surface area (Å²) in [4.78, 5) is 20.7. The van der Waals surface area contributed by atoms with Crippen LogP contribution in [0.5, 0.6) is 0 Å². The molecule has 0 fully saturated rings. The predicted molar refractivity (Wildman–Crippen MR) is 80.5 cm³/mol. The summed E-state index contributed by atoms with van der Waals surface area (Å²) in [6, 6.07) is 0. The summed E-state index contributed by atoms with van der Waals surface area (Å²) in [5, 5.41) is 0.780. The molecular formula is C13H20N4OS. The molecule has 0 unspecified atom stereocenters. The Morgan fingerprint density at radius 1 is 1.37 bits per heavy atom. The lowest BCUT2D eigenvalue weighted by Crippen LogP contribution is -2.31. The van der Waals surface area contributed by atoms with Gasteiger partial charge in [-0.2, -0.15) is 0 Å². The van der Waals surface area contributed by atoms with Crippen LogP contribution in [0.25, 0.3) is 0 Å². The third kappa shape index (κ3) is 3.38. The number of hydrogen-bond donors (Lipinski definition) is 1. The number of nitrogens with zero attached hydrogens (tertiary/aromatic N) is 3. The number of hydrogen-bond acceptors (Lipinski definition) is 5. The first-order chi connectivity index (χ1) is 9.08. The smallest absolute Gasteiger partial charge is 0.268 e. The molecule has 0 aliphatic heterocycles. The van der Waals surface area contributed by atoms with Gasteiger partial charge in [0.25, 0.3) is 5.91 Å². The van der Waals surface area contributed by atoms with Crippen LogP contribution in [0.2, 0.25) is 0 Å². The predicted octanol–water partition coefficient (Wildman–Crippen LogP) is 1.67. The lowest BCUT2D eigenvalue weighted by molar-refractivity contribution is 0.0790. The second-order valence-electron chi connectivity index (χ2n) is 3.91. The zero-order chi connectivity index (χ0) is 14.4. The van der Waals surface area contributed by atoms with Crippen LogP contribution in [-0.2, 0) is 0 Å². The van der Waals surface area contributed by atoms with Crippen molar-refractivity contribution >= 4 is 28.2 Å². The van der Waals surface area contributed by atoms with E-state index in [1.54, 1.807) is 4.90 Å². The number of aromatic nitrogens is 1. The maximum Gasteiger partial charge on any atom is 0.268 e. The van der Waals surface area contributed by atoms with Crippen LogP contribution >= 0.6 is 11.3 Å². The normalized spacial score (nSPS) is 10.0. The molecular weight excluding hydrogens is 260 g/mol. The first-order valence-electron chi connectivity index (χ1n) is 6.32. The number of rotatable bonds is 6. The molecule has 0 saturated heterocycles.